The normalized spacial score (nSPS) is 11.8. The van der Waals surface area contributed by atoms with E-state index >= 15 is 0 Å². The Labute approximate surface area is 124 Å². The Hall–Kier alpha value is -2.36. The number of hydrogen-bond acceptors (Lipinski definition) is 3. The first kappa shape index (κ1) is 13.6. The molecule has 0 saturated heterocycles. The largest absolute Gasteiger partial charge is 0.365 e. The highest BCUT2D eigenvalue weighted by Gasteiger charge is 2.19. The van der Waals surface area contributed by atoms with Gasteiger partial charge in [-0.05, 0) is 51.5 Å². The highest BCUT2D eigenvalue weighted by Crippen LogP contribution is 2.30. The van der Waals surface area contributed by atoms with E-state index < -0.39 is 0 Å². The van der Waals surface area contributed by atoms with E-state index in [1.165, 1.54) is 5.56 Å². The van der Waals surface area contributed by atoms with Gasteiger partial charge in [0.25, 0.3) is 0 Å². The summed E-state index contributed by atoms with van der Waals surface area (Å²) < 4.78 is 2.11. The average molecular weight is 280 g/mol. The van der Waals surface area contributed by atoms with Crippen LogP contribution in [-0.4, -0.2) is 19.9 Å². The third-order valence-electron chi connectivity index (χ3n) is 3.19. The molecule has 0 saturated carbocycles. The number of nitrogens with one attached hydrogen (secondary N) is 1. The summed E-state index contributed by atoms with van der Waals surface area (Å²) in [6, 6.07) is 8.10. The van der Waals surface area contributed by atoms with Crippen LogP contribution in [0.5, 0.6) is 0 Å². The lowest BCUT2D eigenvalue weighted by Gasteiger charge is -2.22. The minimum atomic E-state index is -0.0450. The first-order valence-corrected chi connectivity index (χ1v) is 7.11. The van der Waals surface area contributed by atoms with Gasteiger partial charge in [0.1, 0.15) is 17.2 Å². The van der Waals surface area contributed by atoms with Gasteiger partial charge in [0.05, 0.1) is 0 Å². The molecule has 3 rings (SSSR count). The fourth-order valence-electron chi connectivity index (χ4n) is 2.33. The van der Waals surface area contributed by atoms with Crippen molar-refractivity contribution in [3.05, 3.63) is 48.4 Å². The Morgan fingerprint density at radius 3 is 2.62 bits per heavy atom. The summed E-state index contributed by atoms with van der Waals surface area (Å²) in [5, 5.41) is 3.57. The molecule has 1 N–H and O–H groups in total. The van der Waals surface area contributed by atoms with E-state index in [4.69, 9.17) is 4.98 Å². The van der Waals surface area contributed by atoms with Crippen LogP contribution in [0.2, 0.25) is 0 Å². The van der Waals surface area contributed by atoms with Gasteiger partial charge in [0.2, 0.25) is 0 Å². The van der Waals surface area contributed by atoms with Gasteiger partial charge in [-0.15, -0.1) is 0 Å². The summed E-state index contributed by atoms with van der Waals surface area (Å²) in [5.74, 6) is 1.01. The molecule has 3 heterocycles. The third-order valence-corrected chi connectivity index (χ3v) is 3.19. The Morgan fingerprint density at radius 1 is 1.14 bits per heavy atom. The Balaban J connectivity index is 2.25. The summed E-state index contributed by atoms with van der Waals surface area (Å²) in [5.41, 5.74) is 4.05. The van der Waals surface area contributed by atoms with Crippen LogP contribution >= 0.6 is 0 Å². The van der Waals surface area contributed by atoms with Gasteiger partial charge in [-0.25, -0.2) is 4.98 Å². The number of anilines is 1. The molecular weight excluding hydrogens is 260 g/mol. The lowest BCUT2D eigenvalue weighted by atomic mass is 10.1. The Morgan fingerprint density at radius 2 is 1.95 bits per heavy atom. The SMILES string of the molecule is Cc1ccc2nc(-c3cccnc3)c(NC(C)(C)C)n2c1. The maximum absolute atomic E-state index is 4.77. The van der Waals surface area contributed by atoms with E-state index in [-0.39, 0.29) is 5.54 Å². The molecule has 21 heavy (non-hydrogen) atoms. The van der Waals surface area contributed by atoms with E-state index in [9.17, 15) is 0 Å². The van der Waals surface area contributed by atoms with E-state index in [1.807, 2.05) is 24.4 Å². The molecule has 0 unspecified atom stereocenters. The van der Waals surface area contributed by atoms with Crippen LogP contribution < -0.4 is 5.32 Å². The quantitative estimate of drug-likeness (QED) is 0.773. The molecule has 0 aliphatic carbocycles. The van der Waals surface area contributed by atoms with Gasteiger partial charge < -0.3 is 5.32 Å². The number of hydrogen-bond donors (Lipinski definition) is 1. The highest BCUT2D eigenvalue weighted by atomic mass is 15.2. The van der Waals surface area contributed by atoms with Gasteiger partial charge in [-0.2, -0.15) is 0 Å². The minimum absolute atomic E-state index is 0.0450. The van der Waals surface area contributed by atoms with Crippen LogP contribution in [0.3, 0.4) is 0 Å². The standard InChI is InChI=1S/C17H20N4/c1-12-7-8-14-19-15(13-6-5-9-18-10-13)16(21(14)11-12)20-17(2,3)4/h5-11,20H,1-4H3. The molecule has 0 aliphatic rings. The molecule has 108 valence electrons. The number of aromatic nitrogens is 3. The van der Waals surface area contributed by atoms with Gasteiger partial charge in [-0.1, -0.05) is 6.07 Å². The fourth-order valence-corrected chi connectivity index (χ4v) is 2.33. The molecule has 3 aromatic rings. The summed E-state index contributed by atoms with van der Waals surface area (Å²) >= 11 is 0. The first-order valence-electron chi connectivity index (χ1n) is 7.11. The molecule has 0 spiro atoms. The van der Waals surface area contributed by atoms with Crippen molar-refractivity contribution < 1.29 is 0 Å². The van der Waals surface area contributed by atoms with Crippen LogP contribution in [0, 0.1) is 6.92 Å². The Bertz CT molecular complexity index is 767. The second-order valence-corrected chi connectivity index (χ2v) is 6.36. The zero-order valence-electron chi connectivity index (χ0n) is 12.9. The van der Waals surface area contributed by atoms with Crippen molar-refractivity contribution in [1.29, 1.82) is 0 Å². The topological polar surface area (TPSA) is 42.2 Å². The molecule has 3 aromatic heterocycles. The van der Waals surface area contributed by atoms with Crippen molar-refractivity contribution in [2.75, 3.05) is 5.32 Å². The van der Waals surface area contributed by atoms with Crippen molar-refractivity contribution in [3.8, 4) is 11.3 Å². The number of imidazole rings is 1. The number of fused-ring (bicyclic) bond motifs is 1. The molecule has 0 atom stereocenters. The molecule has 4 heteroatoms. The van der Waals surface area contributed by atoms with Gasteiger partial charge in [-0.3, -0.25) is 9.38 Å². The number of nitrogens with zero attached hydrogens (tertiary/aromatic N) is 3. The van der Waals surface area contributed by atoms with Crippen LogP contribution in [0.1, 0.15) is 26.3 Å². The predicted molar refractivity (Wildman–Crippen MR) is 86.5 cm³/mol. The number of rotatable bonds is 2. The van der Waals surface area contributed by atoms with Crippen LogP contribution in [0.15, 0.2) is 42.9 Å². The molecule has 0 bridgehead atoms. The first-order chi connectivity index (χ1) is 9.94. The maximum atomic E-state index is 4.77. The van der Waals surface area contributed by atoms with E-state index in [2.05, 4.69) is 54.7 Å². The summed E-state index contributed by atoms with van der Waals surface area (Å²) in [6.07, 6.45) is 5.74. The highest BCUT2D eigenvalue weighted by molar-refractivity contribution is 5.76. The zero-order valence-corrected chi connectivity index (χ0v) is 12.9. The van der Waals surface area contributed by atoms with Crippen LogP contribution in [-0.2, 0) is 0 Å². The number of aryl methyl sites for hydroxylation is 1. The minimum Gasteiger partial charge on any atom is -0.365 e. The van der Waals surface area contributed by atoms with Crippen molar-refractivity contribution in [2.45, 2.75) is 33.2 Å². The van der Waals surface area contributed by atoms with E-state index in [0.29, 0.717) is 0 Å². The van der Waals surface area contributed by atoms with Crippen molar-refractivity contribution in [2.24, 2.45) is 0 Å². The van der Waals surface area contributed by atoms with E-state index in [0.717, 1.165) is 22.7 Å². The lowest BCUT2D eigenvalue weighted by Crippen LogP contribution is -2.27. The second-order valence-electron chi connectivity index (χ2n) is 6.36. The van der Waals surface area contributed by atoms with Gasteiger partial charge >= 0.3 is 0 Å². The third kappa shape index (κ3) is 2.75. The predicted octanol–water partition coefficient (Wildman–Crippen LogP) is 3.92. The summed E-state index contributed by atoms with van der Waals surface area (Å²) in [7, 11) is 0. The lowest BCUT2D eigenvalue weighted by molar-refractivity contribution is 0.629. The maximum Gasteiger partial charge on any atom is 0.139 e. The van der Waals surface area contributed by atoms with Crippen molar-refractivity contribution >= 4 is 11.5 Å². The molecule has 0 aromatic carbocycles. The zero-order chi connectivity index (χ0) is 15.0. The van der Waals surface area contributed by atoms with E-state index in [1.54, 1.807) is 6.20 Å². The van der Waals surface area contributed by atoms with Gasteiger partial charge in [0.15, 0.2) is 0 Å². The second kappa shape index (κ2) is 4.88. The van der Waals surface area contributed by atoms with Gasteiger partial charge in [0, 0.05) is 29.7 Å². The smallest absolute Gasteiger partial charge is 0.139 e. The monoisotopic (exact) mass is 280 g/mol. The summed E-state index contributed by atoms with van der Waals surface area (Å²) in [6.45, 7) is 8.53. The Kier molecular flexibility index (Phi) is 3.16. The van der Waals surface area contributed by atoms with Crippen molar-refractivity contribution in [1.82, 2.24) is 14.4 Å². The molecule has 0 aliphatic heterocycles. The molecule has 0 radical (unpaired) electrons. The van der Waals surface area contributed by atoms with Crippen LogP contribution in [0.4, 0.5) is 5.82 Å². The summed E-state index contributed by atoms with van der Waals surface area (Å²) in [4.78, 5) is 8.98. The average Bonchev–Trinajstić information content (AvgIpc) is 2.76. The molecule has 4 nitrogen and oxygen atoms in total. The fraction of sp³-hybridized carbons (Fsp3) is 0.294. The number of pyridine rings is 2. The molecular formula is C17H20N4. The van der Waals surface area contributed by atoms with Crippen LogP contribution in [0.25, 0.3) is 16.9 Å². The van der Waals surface area contributed by atoms with Crippen molar-refractivity contribution in [3.63, 3.8) is 0 Å². The molecule has 0 amide bonds. The molecule has 0 fully saturated rings.